The molecular weight excluding hydrogens is 356 g/mol. The van der Waals surface area contributed by atoms with Crippen LogP contribution in [0.1, 0.15) is 38.0 Å². The third-order valence-electron chi connectivity index (χ3n) is 3.99. The van der Waals surface area contributed by atoms with Gasteiger partial charge in [-0.05, 0) is 45.6 Å². The maximum atomic E-state index is 11.1. The van der Waals surface area contributed by atoms with Gasteiger partial charge in [0.25, 0.3) is 5.89 Å². The Balaban J connectivity index is 1.80. The molecule has 1 aliphatic carbocycles. The molecule has 0 radical (unpaired) electrons. The average molecular weight is 371 g/mol. The van der Waals surface area contributed by atoms with Gasteiger partial charge < -0.3 is 9.52 Å². The summed E-state index contributed by atoms with van der Waals surface area (Å²) in [5.74, 6) is 0.279. The van der Waals surface area contributed by atoms with Gasteiger partial charge in [0.1, 0.15) is 4.88 Å². The summed E-state index contributed by atoms with van der Waals surface area (Å²) in [6.07, 6.45) is 4.71. The first-order valence-corrected chi connectivity index (χ1v) is 8.53. The van der Waals surface area contributed by atoms with Gasteiger partial charge in [-0.15, -0.1) is 21.5 Å². The molecule has 0 aromatic carbocycles. The lowest BCUT2D eigenvalue weighted by molar-refractivity contribution is -0.139. The molecule has 1 aliphatic rings. The van der Waals surface area contributed by atoms with Crippen molar-refractivity contribution in [3.8, 4) is 10.8 Å². The molecule has 0 atom stereocenters. The van der Waals surface area contributed by atoms with Crippen LogP contribution < -0.4 is 0 Å². The second-order valence-electron chi connectivity index (χ2n) is 5.55. The van der Waals surface area contributed by atoms with Gasteiger partial charge in [0, 0.05) is 10.9 Å². The lowest BCUT2D eigenvalue weighted by atomic mass is 9.79. The van der Waals surface area contributed by atoms with Crippen molar-refractivity contribution in [1.82, 2.24) is 10.2 Å². The van der Waals surface area contributed by atoms with Crippen molar-refractivity contribution in [2.24, 2.45) is 5.41 Å². The van der Waals surface area contributed by atoms with Crippen molar-refractivity contribution in [3.05, 3.63) is 21.8 Å². The number of aliphatic carboxylic acids is 1. The molecule has 2 aromatic heterocycles. The Kier molecular flexibility index (Phi) is 4.12. The summed E-state index contributed by atoms with van der Waals surface area (Å²) in [5, 5.41) is 19.3. The van der Waals surface area contributed by atoms with Crippen molar-refractivity contribution in [2.75, 3.05) is 0 Å². The van der Waals surface area contributed by atoms with Crippen molar-refractivity contribution in [3.63, 3.8) is 0 Å². The number of carbonyl (C=O) groups is 1. The summed E-state index contributed by atoms with van der Waals surface area (Å²) in [6, 6.07) is 1.94. The summed E-state index contributed by atoms with van der Waals surface area (Å²) < 4.78 is 6.68. The first kappa shape index (κ1) is 14.7. The van der Waals surface area contributed by atoms with Gasteiger partial charge in [-0.1, -0.05) is 12.8 Å². The summed E-state index contributed by atoms with van der Waals surface area (Å²) in [5.41, 5.74) is -0.220. The van der Waals surface area contributed by atoms with Crippen LogP contribution in [0, 0.1) is 5.41 Å². The van der Waals surface area contributed by atoms with E-state index in [4.69, 9.17) is 9.52 Å². The van der Waals surface area contributed by atoms with E-state index in [0.717, 1.165) is 35.0 Å². The van der Waals surface area contributed by atoms with Crippen LogP contribution in [0.3, 0.4) is 0 Å². The first-order chi connectivity index (χ1) is 10.1. The zero-order valence-corrected chi connectivity index (χ0v) is 13.7. The molecule has 7 heteroatoms. The van der Waals surface area contributed by atoms with Crippen LogP contribution in [0.2, 0.25) is 0 Å². The predicted molar refractivity (Wildman–Crippen MR) is 82.2 cm³/mol. The van der Waals surface area contributed by atoms with E-state index in [1.54, 1.807) is 0 Å². The third-order valence-corrected chi connectivity index (χ3v) is 5.82. The summed E-state index contributed by atoms with van der Waals surface area (Å²) in [6.45, 7) is 0. The summed E-state index contributed by atoms with van der Waals surface area (Å²) in [7, 11) is 0. The Hall–Kier alpha value is -1.21. The fourth-order valence-electron chi connectivity index (χ4n) is 3.05. The molecule has 5 nitrogen and oxygen atoms in total. The zero-order chi connectivity index (χ0) is 14.9. The van der Waals surface area contributed by atoms with Crippen LogP contribution in [-0.4, -0.2) is 21.3 Å². The molecule has 0 spiro atoms. The fourth-order valence-corrected chi connectivity index (χ4v) is 4.51. The largest absolute Gasteiger partial charge is 0.481 e. The molecule has 3 rings (SSSR count). The molecule has 1 N–H and O–H groups in total. The normalized spacial score (nSPS) is 17.2. The third kappa shape index (κ3) is 3.18. The topological polar surface area (TPSA) is 76.2 Å². The number of rotatable bonds is 5. The SMILES string of the molecule is O=C(O)CC1(Cc2nnc(-c3sccc3Br)o2)CCCC1. The highest BCUT2D eigenvalue weighted by Gasteiger charge is 2.37. The maximum Gasteiger partial charge on any atom is 0.303 e. The predicted octanol–water partition coefficient (Wildman–Crippen LogP) is 4.14. The lowest BCUT2D eigenvalue weighted by Crippen LogP contribution is -2.23. The highest BCUT2D eigenvalue weighted by Crippen LogP contribution is 2.44. The number of halogens is 1. The zero-order valence-electron chi connectivity index (χ0n) is 11.3. The molecule has 0 aliphatic heterocycles. The van der Waals surface area contributed by atoms with E-state index in [2.05, 4.69) is 26.1 Å². The van der Waals surface area contributed by atoms with Gasteiger partial charge in [-0.3, -0.25) is 4.79 Å². The quantitative estimate of drug-likeness (QED) is 0.855. The van der Waals surface area contributed by atoms with Crippen LogP contribution in [-0.2, 0) is 11.2 Å². The fraction of sp³-hybridized carbons (Fsp3) is 0.500. The van der Waals surface area contributed by atoms with Gasteiger partial charge in [0.2, 0.25) is 5.89 Å². The standard InChI is InChI=1S/C14H15BrN2O3S/c15-9-3-6-21-12(9)13-17-16-10(20-13)7-14(8-11(18)19)4-1-2-5-14/h3,6H,1-2,4-5,7-8H2,(H,18,19). The molecule has 0 amide bonds. The molecule has 0 saturated heterocycles. The van der Waals surface area contributed by atoms with E-state index >= 15 is 0 Å². The van der Waals surface area contributed by atoms with Crippen LogP contribution in [0.5, 0.6) is 0 Å². The van der Waals surface area contributed by atoms with Crippen LogP contribution in [0.4, 0.5) is 0 Å². The molecule has 21 heavy (non-hydrogen) atoms. The van der Waals surface area contributed by atoms with Crippen molar-refractivity contribution in [1.29, 1.82) is 0 Å². The minimum Gasteiger partial charge on any atom is -0.481 e. The number of thiophene rings is 1. The molecule has 1 saturated carbocycles. The Bertz CT molecular complexity index is 646. The van der Waals surface area contributed by atoms with Crippen LogP contribution in [0.25, 0.3) is 10.8 Å². The second-order valence-corrected chi connectivity index (χ2v) is 7.32. The number of aromatic nitrogens is 2. The van der Waals surface area contributed by atoms with Gasteiger partial charge >= 0.3 is 5.97 Å². The highest BCUT2D eigenvalue weighted by molar-refractivity contribution is 9.10. The van der Waals surface area contributed by atoms with Crippen molar-refractivity contribution < 1.29 is 14.3 Å². The summed E-state index contributed by atoms with van der Waals surface area (Å²) >= 11 is 4.98. The second kappa shape index (κ2) is 5.88. The number of hydrogen-bond donors (Lipinski definition) is 1. The van der Waals surface area contributed by atoms with Gasteiger partial charge in [-0.2, -0.15) is 0 Å². The Morgan fingerprint density at radius 3 is 2.81 bits per heavy atom. The average Bonchev–Trinajstić information content (AvgIpc) is 3.11. The van der Waals surface area contributed by atoms with Crippen LogP contribution >= 0.6 is 27.3 Å². The van der Waals surface area contributed by atoms with Gasteiger partial charge in [-0.25, -0.2) is 0 Å². The first-order valence-electron chi connectivity index (χ1n) is 6.86. The van der Waals surface area contributed by atoms with E-state index in [0.29, 0.717) is 18.2 Å². The minimum absolute atomic E-state index is 0.174. The molecule has 0 unspecified atom stereocenters. The van der Waals surface area contributed by atoms with Crippen molar-refractivity contribution in [2.45, 2.75) is 38.5 Å². The number of nitrogens with zero attached hydrogens (tertiary/aromatic N) is 2. The maximum absolute atomic E-state index is 11.1. The monoisotopic (exact) mass is 370 g/mol. The van der Waals surface area contributed by atoms with Crippen molar-refractivity contribution >= 4 is 33.2 Å². The van der Waals surface area contributed by atoms with E-state index in [-0.39, 0.29) is 11.8 Å². The number of hydrogen-bond acceptors (Lipinski definition) is 5. The van der Waals surface area contributed by atoms with Crippen LogP contribution in [0.15, 0.2) is 20.3 Å². The number of carboxylic acid groups (broad SMARTS) is 1. The van der Waals surface area contributed by atoms with E-state index in [9.17, 15) is 4.79 Å². The van der Waals surface area contributed by atoms with E-state index in [1.165, 1.54) is 11.3 Å². The summed E-state index contributed by atoms with van der Waals surface area (Å²) in [4.78, 5) is 12.0. The molecular formula is C14H15BrN2O3S. The van der Waals surface area contributed by atoms with E-state index < -0.39 is 5.97 Å². The smallest absolute Gasteiger partial charge is 0.303 e. The number of carboxylic acids is 1. The molecule has 0 bridgehead atoms. The van der Waals surface area contributed by atoms with E-state index in [1.807, 2.05) is 11.4 Å². The minimum atomic E-state index is -0.752. The van der Waals surface area contributed by atoms with Gasteiger partial charge in [0.05, 0.1) is 6.42 Å². The molecule has 1 fully saturated rings. The lowest BCUT2D eigenvalue weighted by Gasteiger charge is -2.24. The molecule has 2 aromatic rings. The molecule has 2 heterocycles. The Labute approximate surface area is 134 Å². The highest BCUT2D eigenvalue weighted by atomic mass is 79.9. The Morgan fingerprint density at radius 1 is 1.43 bits per heavy atom. The Morgan fingerprint density at radius 2 is 2.19 bits per heavy atom. The molecule has 112 valence electrons. The van der Waals surface area contributed by atoms with Gasteiger partial charge in [0.15, 0.2) is 0 Å².